The molecule has 0 aromatic heterocycles. The molecule has 1 saturated heterocycles. The Bertz CT molecular complexity index is 574. The Kier molecular flexibility index (Phi) is 3.59. The number of methoxy groups -OCH3 is 1. The van der Waals surface area contributed by atoms with Crippen LogP contribution in [-0.2, 0) is 4.79 Å². The average Bonchev–Trinajstić information content (AvgIpc) is 2.48. The van der Waals surface area contributed by atoms with Gasteiger partial charge < -0.3 is 14.6 Å². The van der Waals surface area contributed by atoms with E-state index in [2.05, 4.69) is 12.2 Å². The molecule has 5 nitrogen and oxygen atoms in total. The van der Waals surface area contributed by atoms with E-state index in [0.717, 1.165) is 43.0 Å². The molecule has 2 aliphatic rings. The zero-order valence-electron chi connectivity index (χ0n) is 12.0. The Labute approximate surface area is 123 Å². The molecule has 5 heteroatoms. The SMILES string of the molecule is COc1cccc2c1C=CC1(CCN(CC(=O)O)CC1)O2. The highest BCUT2D eigenvalue weighted by Gasteiger charge is 2.37. The number of likely N-dealkylation sites (tertiary alicyclic amines) is 1. The number of carbonyl (C=O) groups is 1. The van der Waals surface area contributed by atoms with Crippen LogP contribution in [0.2, 0.25) is 0 Å². The Hall–Kier alpha value is -2.01. The summed E-state index contributed by atoms with van der Waals surface area (Å²) in [5.41, 5.74) is 0.660. The van der Waals surface area contributed by atoms with Crippen LogP contribution in [0.3, 0.4) is 0 Å². The monoisotopic (exact) mass is 289 g/mol. The molecule has 1 spiro atoms. The number of piperidine rings is 1. The normalized spacial score (nSPS) is 19.9. The molecule has 0 unspecified atom stereocenters. The molecule has 0 radical (unpaired) electrons. The van der Waals surface area contributed by atoms with Gasteiger partial charge in [-0.25, -0.2) is 0 Å². The minimum Gasteiger partial charge on any atom is -0.496 e. The van der Waals surface area contributed by atoms with E-state index in [1.54, 1.807) is 7.11 Å². The van der Waals surface area contributed by atoms with Crippen molar-refractivity contribution in [1.29, 1.82) is 0 Å². The summed E-state index contributed by atoms with van der Waals surface area (Å²) in [4.78, 5) is 12.7. The van der Waals surface area contributed by atoms with Gasteiger partial charge in [-0.2, -0.15) is 0 Å². The van der Waals surface area contributed by atoms with Gasteiger partial charge in [0.25, 0.3) is 0 Å². The van der Waals surface area contributed by atoms with Gasteiger partial charge >= 0.3 is 5.97 Å². The van der Waals surface area contributed by atoms with Gasteiger partial charge in [-0.15, -0.1) is 0 Å². The van der Waals surface area contributed by atoms with Crippen molar-refractivity contribution in [3.63, 3.8) is 0 Å². The number of carboxylic acids is 1. The van der Waals surface area contributed by atoms with E-state index in [4.69, 9.17) is 14.6 Å². The largest absolute Gasteiger partial charge is 0.496 e. The molecule has 3 rings (SSSR count). The van der Waals surface area contributed by atoms with Gasteiger partial charge in [0, 0.05) is 25.9 Å². The summed E-state index contributed by atoms with van der Waals surface area (Å²) in [7, 11) is 1.65. The number of nitrogens with zero attached hydrogens (tertiary/aromatic N) is 1. The number of hydrogen-bond donors (Lipinski definition) is 1. The molecule has 0 atom stereocenters. The Morgan fingerprint density at radius 2 is 2.19 bits per heavy atom. The fourth-order valence-corrected chi connectivity index (χ4v) is 2.99. The zero-order valence-corrected chi connectivity index (χ0v) is 12.0. The van der Waals surface area contributed by atoms with Crippen LogP contribution in [0.1, 0.15) is 18.4 Å². The molecule has 0 aliphatic carbocycles. The number of ether oxygens (including phenoxy) is 2. The quantitative estimate of drug-likeness (QED) is 0.922. The first kappa shape index (κ1) is 13.9. The molecule has 21 heavy (non-hydrogen) atoms. The van der Waals surface area contributed by atoms with E-state index in [-0.39, 0.29) is 12.1 Å². The van der Waals surface area contributed by atoms with Crippen LogP contribution in [0.25, 0.3) is 6.08 Å². The second-order valence-electron chi connectivity index (χ2n) is 5.54. The Morgan fingerprint density at radius 1 is 1.43 bits per heavy atom. The summed E-state index contributed by atoms with van der Waals surface area (Å²) < 4.78 is 11.6. The maximum absolute atomic E-state index is 10.8. The van der Waals surface area contributed by atoms with Crippen LogP contribution in [0, 0.1) is 0 Å². The second kappa shape index (κ2) is 5.41. The maximum atomic E-state index is 10.8. The first-order chi connectivity index (χ1) is 10.1. The highest BCUT2D eigenvalue weighted by molar-refractivity contribution is 5.69. The predicted molar refractivity (Wildman–Crippen MR) is 78.7 cm³/mol. The number of benzene rings is 1. The number of carboxylic acid groups (broad SMARTS) is 1. The van der Waals surface area contributed by atoms with Crippen molar-refractivity contribution in [2.75, 3.05) is 26.7 Å². The van der Waals surface area contributed by atoms with Crippen molar-refractivity contribution in [2.45, 2.75) is 18.4 Å². The molecule has 1 fully saturated rings. The van der Waals surface area contributed by atoms with Crippen LogP contribution >= 0.6 is 0 Å². The Balaban J connectivity index is 1.75. The number of aliphatic carboxylic acids is 1. The molecule has 1 aromatic rings. The molecule has 1 N–H and O–H groups in total. The van der Waals surface area contributed by atoms with E-state index in [1.807, 2.05) is 23.1 Å². The van der Waals surface area contributed by atoms with Gasteiger partial charge in [-0.1, -0.05) is 6.07 Å². The van der Waals surface area contributed by atoms with Crippen molar-refractivity contribution in [3.05, 3.63) is 29.8 Å². The number of fused-ring (bicyclic) bond motifs is 1. The lowest BCUT2D eigenvalue weighted by molar-refractivity contribution is -0.139. The maximum Gasteiger partial charge on any atom is 0.317 e. The van der Waals surface area contributed by atoms with E-state index >= 15 is 0 Å². The lowest BCUT2D eigenvalue weighted by Gasteiger charge is -2.41. The van der Waals surface area contributed by atoms with Crippen molar-refractivity contribution < 1.29 is 19.4 Å². The van der Waals surface area contributed by atoms with Crippen molar-refractivity contribution in [2.24, 2.45) is 0 Å². The summed E-state index contributed by atoms with van der Waals surface area (Å²) in [6.07, 6.45) is 5.75. The highest BCUT2D eigenvalue weighted by Crippen LogP contribution is 2.40. The Morgan fingerprint density at radius 3 is 2.86 bits per heavy atom. The minimum atomic E-state index is -0.777. The second-order valence-corrected chi connectivity index (χ2v) is 5.54. The average molecular weight is 289 g/mol. The van der Waals surface area contributed by atoms with Crippen LogP contribution in [-0.4, -0.2) is 48.3 Å². The summed E-state index contributed by atoms with van der Waals surface area (Å²) in [5, 5.41) is 8.85. The fraction of sp³-hybridized carbons (Fsp3) is 0.438. The third-order valence-corrected chi connectivity index (χ3v) is 4.17. The van der Waals surface area contributed by atoms with Crippen molar-refractivity contribution in [1.82, 2.24) is 4.90 Å². The van der Waals surface area contributed by atoms with Gasteiger partial charge in [0.05, 0.1) is 19.2 Å². The molecule has 2 aliphatic heterocycles. The van der Waals surface area contributed by atoms with Gasteiger partial charge in [-0.05, 0) is 24.3 Å². The molecule has 2 heterocycles. The van der Waals surface area contributed by atoms with Crippen molar-refractivity contribution >= 4 is 12.0 Å². The van der Waals surface area contributed by atoms with E-state index in [0.29, 0.717) is 0 Å². The molecular formula is C16H19NO4. The van der Waals surface area contributed by atoms with Crippen LogP contribution in [0.4, 0.5) is 0 Å². The number of hydrogen-bond acceptors (Lipinski definition) is 4. The van der Waals surface area contributed by atoms with Crippen LogP contribution in [0.15, 0.2) is 24.3 Å². The van der Waals surface area contributed by atoms with Gasteiger partial charge in [0.1, 0.15) is 17.1 Å². The van der Waals surface area contributed by atoms with Gasteiger partial charge in [-0.3, -0.25) is 9.69 Å². The first-order valence-corrected chi connectivity index (χ1v) is 7.11. The fourth-order valence-electron chi connectivity index (χ4n) is 2.99. The summed E-state index contributed by atoms with van der Waals surface area (Å²) in [6, 6.07) is 5.79. The topological polar surface area (TPSA) is 59.0 Å². The minimum absolute atomic E-state index is 0.101. The lowest BCUT2D eigenvalue weighted by Crippen LogP contribution is -2.48. The molecule has 1 aromatic carbocycles. The smallest absolute Gasteiger partial charge is 0.317 e. The van der Waals surface area contributed by atoms with Crippen molar-refractivity contribution in [3.8, 4) is 11.5 Å². The van der Waals surface area contributed by atoms with Gasteiger partial charge in [0.15, 0.2) is 0 Å². The highest BCUT2D eigenvalue weighted by atomic mass is 16.5. The zero-order chi connectivity index (χ0) is 14.9. The van der Waals surface area contributed by atoms with E-state index in [1.165, 1.54) is 0 Å². The summed E-state index contributed by atoms with van der Waals surface area (Å²) >= 11 is 0. The molecule has 0 amide bonds. The van der Waals surface area contributed by atoms with E-state index < -0.39 is 5.97 Å². The third kappa shape index (κ3) is 2.74. The molecule has 0 bridgehead atoms. The summed E-state index contributed by atoms with van der Waals surface area (Å²) in [6.45, 7) is 1.57. The molecule has 0 saturated carbocycles. The van der Waals surface area contributed by atoms with Gasteiger partial charge in [0.2, 0.25) is 0 Å². The summed E-state index contributed by atoms with van der Waals surface area (Å²) in [5.74, 6) is 0.867. The lowest BCUT2D eigenvalue weighted by atomic mass is 9.88. The van der Waals surface area contributed by atoms with E-state index in [9.17, 15) is 4.79 Å². The molecular weight excluding hydrogens is 270 g/mol. The standard InChI is InChI=1S/C16H19NO4/c1-20-13-3-2-4-14-12(13)5-6-16(21-14)7-9-17(10-8-16)11-15(18)19/h2-6H,7-11H2,1H3,(H,18,19). The first-order valence-electron chi connectivity index (χ1n) is 7.11. The predicted octanol–water partition coefficient (Wildman–Crippen LogP) is 2.02. The third-order valence-electron chi connectivity index (χ3n) is 4.17. The van der Waals surface area contributed by atoms with Crippen LogP contribution < -0.4 is 9.47 Å². The molecule has 112 valence electrons. The van der Waals surface area contributed by atoms with Crippen LogP contribution in [0.5, 0.6) is 11.5 Å². The number of rotatable bonds is 3.